The van der Waals surface area contributed by atoms with Crippen LogP contribution in [-0.4, -0.2) is 15.6 Å². The quantitative estimate of drug-likeness (QED) is 0.756. The molecule has 1 aromatic carbocycles. The van der Waals surface area contributed by atoms with Crippen molar-refractivity contribution in [1.29, 1.82) is 0 Å². The Balaban J connectivity index is 1.97. The normalized spacial score (nSPS) is 10.2. The second-order valence-corrected chi connectivity index (χ2v) is 3.89. The monoisotopic (exact) mass is 230 g/mol. The van der Waals surface area contributed by atoms with Gasteiger partial charge in [-0.25, -0.2) is 0 Å². The van der Waals surface area contributed by atoms with E-state index in [2.05, 4.69) is 5.10 Å². The fourth-order valence-electron chi connectivity index (χ4n) is 1.50. The predicted octanol–water partition coefficient (Wildman–Crippen LogP) is 2.20. The Bertz CT molecular complexity index is 514. The number of hydrogen-bond donors (Lipinski definition) is 0. The molecule has 0 bridgehead atoms. The number of benzene rings is 1. The number of nitrogens with zero attached hydrogens (tertiary/aromatic N) is 2. The van der Waals surface area contributed by atoms with Gasteiger partial charge in [-0.05, 0) is 31.2 Å². The van der Waals surface area contributed by atoms with Crippen molar-refractivity contribution in [3.63, 3.8) is 0 Å². The van der Waals surface area contributed by atoms with Gasteiger partial charge in [0.1, 0.15) is 12.4 Å². The minimum absolute atomic E-state index is 0.0591. The number of aromatic nitrogens is 2. The van der Waals surface area contributed by atoms with Crippen molar-refractivity contribution in [2.45, 2.75) is 13.5 Å². The molecule has 0 N–H and O–H groups in total. The van der Waals surface area contributed by atoms with Crippen molar-refractivity contribution in [3.8, 4) is 5.75 Å². The summed E-state index contributed by atoms with van der Waals surface area (Å²) in [4.78, 5) is 11.1. The number of carbonyl (C=O) groups is 1. The van der Waals surface area contributed by atoms with Crippen LogP contribution in [0.2, 0.25) is 0 Å². The fraction of sp³-hybridized carbons (Fsp3) is 0.231. The van der Waals surface area contributed by atoms with E-state index in [4.69, 9.17) is 4.74 Å². The number of rotatable bonds is 4. The first kappa shape index (κ1) is 11.4. The van der Waals surface area contributed by atoms with Gasteiger partial charge in [-0.1, -0.05) is 0 Å². The van der Waals surface area contributed by atoms with Crippen molar-refractivity contribution in [3.05, 3.63) is 47.8 Å². The highest BCUT2D eigenvalue weighted by molar-refractivity contribution is 5.94. The van der Waals surface area contributed by atoms with E-state index >= 15 is 0 Å². The van der Waals surface area contributed by atoms with Gasteiger partial charge < -0.3 is 4.74 Å². The average molecular weight is 230 g/mol. The van der Waals surface area contributed by atoms with Crippen LogP contribution in [0.4, 0.5) is 0 Å². The van der Waals surface area contributed by atoms with E-state index in [0.717, 1.165) is 11.3 Å². The van der Waals surface area contributed by atoms with Crippen molar-refractivity contribution >= 4 is 5.78 Å². The lowest BCUT2D eigenvalue weighted by Crippen LogP contribution is -1.96. The van der Waals surface area contributed by atoms with E-state index < -0.39 is 0 Å². The number of ketones is 1. The minimum atomic E-state index is 0.0591. The molecule has 0 amide bonds. The zero-order chi connectivity index (χ0) is 12.3. The Morgan fingerprint density at radius 3 is 2.59 bits per heavy atom. The molecule has 0 saturated heterocycles. The highest BCUT2D eigenvalue weighted by Crippen LogP contribution is 2.14. The second kappa shape index (κ2) is 4.82. The third-order valence-corrected chi connectivity index (χ3v) is 2.42. The highest BCUT2D eigenvalue weighted by atomic mass is 16.5. The zero-order valence-electron chi connectivity index (χ0n) is 9.88. The summed E-state index contributed by atoms with van der Waals surface area (Å²) in [6.07, 6.45) is 3.67. The number of Topliss-reactive ketones (excluding diaryl/α,β-unsaturated/α-hetero) is 1. The summed E-state index contributed by atoms with van der Waals surface area (Å²) in [5, 5.41) is 4.06. The molecule has 17 heavy (non-hydrogen) atoms. The Morgan fingerprint density at radius 2 is 2.06 bits per heavy atom. The van der Waals surface area contributed by atoms with Crippen LogP contribution in [0.5, 0.6) is 5.75 Å². The van der Waals surface area contributed by atoms with Crippen LogP contribution in [0.25, 0.3) is 0 Å². The van der Waals surface area contributed by atoms with Gasteiger partial charge in [-0.15, -0.1) is 0 Å². The summed E-state index contributed by atoms with van der Waals surface area (Å²) in [5.74, 6) is 0.808. The summed E-state index contributed by atoms with van der Waals surface area (Å²) >= 11 is 0. The summed E-state index contributed by atoms with van der Waals surface area (Å²) < 4.78 is 7.31. The molecule has 0 aliphatic rings. The van der Waals surface area contributed by atoms with E-state index in [0.29, 0.717) is 12.2 Å². The molecule has 0 aliphatic heterocycles. The molecule has 0 saturated carbocycles. The topological polar surface area (TPSA) is 44.1 Å². The molecular weight excluding hydrogens is 216 g/mol. The smallest absolute Gasteiger partial charge is 0.159 e. The Labute approximate surface area is 99.8 Å². The van der Waals surface area contributed by atoms with E-state index in [-0.39, 0.29) is 5.78 Å². The first-order chi connectivity index (χ1) is 8.15. The number of hydrogen-bond acceptors (Lipinski definition) is 3. The zero-order valence-corrected chi connectivity index (χ0v) is 9.88. The van der Waals surface area contributed by atoms with Gasteiger partial charge in [0.2, 0.25) is 0 Å². The maximum absolute atomic E-state index is 11.1. The lowest BCUT2D eigenvalue weighted by Gasteiger charge is -2.04. The molecule has 2 aromatic rings. The van der Waals surface area contributed by atoms with Gasteiger partial charge in [-0.3, -0.25) is 9.48 Å². The predicted molar refractivity (Wildman–Crippen MR) is 64.0 cm³/mol. The van der Waals surface area contributed by atoms with Crippen LogP contribution >= 0.6 is 0 Å². The van der Waals surface area contributed by atoms with Crippen LogP contribution in [0, 0.1) is 0 Å². The SMILES string of the molecule is CC(=O)c1ccc(OCc2cnn(C)c2)cc1. The fourth-order valence-corrected chi connectivity index (χ4v) is 1.50. The van der Waals surface area contributed by atoms with Crippen LogP contribution in [0.1, 0.15) is 22.8 Å². The number of carbonyl (C=O) groups excluding carboxylic acids is 1. The summed E-state index contributed by atoms with van der Waals surface area (Å²) in [6, 6.07) is 7.13. The second-order valence-electron chi connectivity index (χ2n) is 3.89. The van der Waals surface area contributed by atoms with Crippen molar-refractivity contribution in [2.24, 2.45) is 7.05 Å². The van der Waals surface area contributed by atoms with Crippen molar-refractivity contribution < 1.29 is 9.53 Å². The van der Waals surface area contributed by atoms with Crippen LogP contribution < -0.4 is 4.74 Å². The lowest BCUT2D eigenvalue weighted by molar-refractivity contribution is 0.101. The lowest BCUT2D eigenvalue weighted by atomic mass is 10.1. The molecule has 0 aliphatic carbocycles. The maximum Gasteiger partial charge on any atom is 0.159 e. The third kappa shape index (κ3) is 2.93. The molecule has 88 valence electrons. The number of aryl methyl sites for hydroxylation is 1. The molecule has 2 rings (SSSR count). The van der Waals surface area contributed by atoms with Gasteiger partial charge in [0.05, 0.1) is 6.20 Å². The molecule has 1 heterocycles. The molecule has 0 radical (unpaired) electrons. The Kier molecular flexibility index (Phi) is 3.23. The van der Waals surface area contributed by atoms with Crippen LogP contribution in [-0.2, 0) is 13.7 Å². The molecule has 0 atom stereocenters. The van der Waals surface area contributed by atoms with E-state index in [1.807, 2.05) is 13.2 Å². The summed E-state index contributed by atoms with van der Waals surface area (Å²) in [5.41, 5.74) is 1.71. The Morgan fingerprint density at radius 1 is 1.35 bits per heavy atom. The van der Waals surface area contributed by atoms with E-state index in [1.54, 1.807) is 42.1 Å². The molecule has 0 spiro atoms. The standard InChI is InChI=1S/C13H14N2O2/c1-10(16)12-3-5-13(6-4-12)17-9-11-7-14-15(2)8-11/h3-8H,9H2,1-2H3. The first-order valence-electron chi connectivity index (χ1n) is 5.36. The Hall–Kier alpha value is -2.10. The molecule has 1 aromatic heterocycles. The van der Waals surface area contributed by atoms with Crippen molar-refractivity contribution in [2.75, 3.05) is 0 Å². The molecule has 4 heteroatoms. The average Bonchev–Trinajstić information content (AvgIpc) is 2.73. The molecule has 0 unspecified atom stereocenters. The number of ether oxygens (including phenoxy) is 1. The van der Waals surface area contributed by atoms with Crippen LogP contribution in [0.15, 0.2) is 36.7 Å². The maximum atomic E-state index is 11.1. The minimum Gasteiger partial charge on any atom is -0.489 e. The van der Waals surface area contributed by atoms with Gasteiger partial charge in [0.25, 0.3) is 0 Å². The van der Waals surface area contributed by atoms with Gasteiger partial charge in [0.15, 0.2) is 5.78 Å². The largest absolute Gasteiger partial charge is 0.489 e. The first-order valence-corrected chi connectivity index (χ1v) is 5.36. The van der Waals surface area contributed by atoms with Gasteiger partial charge >= 0.3 is 0 Å². The molecule has 0 fully saturated rings. The highest BCUT2D eigenvalue weighted by Gasteiger charge is 2.01. The van der Waals surface area contributed by atoms with Crippen LogP contribution in [0.3, 0.4) is 0 Å². The third-order valence-electron chi connectivity index (χ3n) is 2.42. The summed E-state index contributed by atoms with van der Waals surface area (Å²) in [6.45, 7) is 2.03. The van der Waals surface area contributed by atoms with E-state index in [1.165, 1.54) is 0 Å². The van der Waals surface area contributed by atoms with Crippen molar-refractivity contribution in [1.82, 2.24) is 9.78 Å². The van der Waals surface area contributed by atoms with Gasteiger partial charge in [0, 0.05) is 24.4 Å². The van der Waals surface area contributed by atoms with Gasteiger partial charge in [-0.2, -0.15) is 5.10 Å². The summed E-state index contributed by atoms with van der Waals surface area (Å²) in [7, 11) is 1.87. The molecular formula is C13H14N2O2. The molecule has 4 nitrogen and oxygen atoms in total. The van der Waals surface area contributed by atoms with E-state index in [9.17, 15) is 4.79 Å².